The van der Waals surface area contributed by atoms with Crippen LogP contribution in [0.1, 0.15) is 18.1 Å². The van der Waals surface area contributed by atoms with E-state index in [1.807, 2.05) is 23.7 Å². The maximum Gasteiger partial charge on any atom is 0.180 e. The Morgan fingerprint density at radius 3 is 3.05 bits per heavy atom. The van der Waals surface area contributed by atoms with E-state index < -0.39 is 0 Å². The first-order valence-electron chi connectivity index (χ1n) is 7.02. The third-order valence-electron chi connectivity index (χ3n) is 3.65. The molecule has 7 heteroatoms. The second-order valence-corrected chi connectivity index (χ2v) is 5.23. The van der Waals surface area contributed by atoms with Crippen LogP contribution in [0.15, 0.2) is 24.5 Å². The van der Waals surface area contributed by atoms with Gasteiger partial charge in [-0.2, -0.15) is 5.10 Å². The number of aryl methyl sites for hydroxylation is 2. The Morgan fingerprint density at radius 1 is 1.19 bits per heavy atom. The van der Waals surface area contributed by atoms with Gasteiger partial charge in [-0.25, -0.2) is 19.6 Å². The standard InChI is InChI=1S/C14H15N7/c1-9-17-13-5-2-10(8-21(13)20-9)18-12-4-3-11-14(19-12)16-7-6-15-11/h3-4,6-7,10H,2,5,8H2,1H3,(H,16,18,19)/t10-/m1/s1. The largest absolute Gasteiger partial charge is 0.365 e. The molecule has 4 heterocycles. The molecule has 0 radical (unpaired) electrons. The highest BCUT2D eigenvalue weighted by molar-refractivity contribution is 5.71. The van der Waals surface area contributed by atoms with Crippen molar-refractivity contribution >= 4 is 17.0 Å². The van der Waals surface area contributed by atoms with E-state index in [1.54, 1.807) is 12.4 Å². The van der Waals surface area contributed by atoms with Crippen molar-refractivity contribution in [1.82, 2.24) is 29.7 Å². The molecule has 1 atom stereocenters. The molecule has 4 rings (SSSR count). The van der Waals surface area contributed by atoms with Gasteiger partial charge >= 0.3 is 0 Å². The minimum atomic E-state index is 0.306. The number of pyridine rings is 1. The first kappa shape index (κ1) is 12.2. The van der Waals surface area contributed by atoms with Gasteiger partial charge in [0.2, 0.25) is 0 Å². The summed E-state index contributed by atoms with van der Waals surface area (Å²) in [6.07, 6.45) is 5.29. The Balaban J connectivity index is 1.55. The molecule has 0 unspecified atom stereocenters. The molecule has 1 aliphatic heterocycles. The Hall–Kier alpha value is -2.57. The number of hydrogen-bond donors (Lipinski definition) is 1. The zero-order chi connectivity index (χ0) is 14.2. The van der Waals surface area contributed by atoms with Crippen molar-refractivity contribution in [2.45, 2.75) is 32.4 Å². The highest BCUT2D eigenvalue weighted by atomic mass is 15.4. The van der Waals surface area contributed by atoms with Crippen LogP contribution in [0.25, 0.3) is 11.2 Å². The molecule has 0 bridgehead atoms. The van der Waals surface area contributed by atoms with E-state index in [0.717, 1.165) is 42.4 Å². The van der Waals surface area contributed by atoms with E-state index in [0.29, 0.717) is 11.7 Å². The number of nitrogens with one attached hydrogen (secondary N) is 1. The fourth-order valence-corrected chi connectivity index (χ4v) is 2.70. The van der Waals surface area contributed by atoms with Crippen molar-refractivity contribution in [3.8, 4) is 0 Å². The normalized spacial score (nSPS) is 17.7. The summed E-state index contributed by atoms with van der Waals surface area (Å²) in [6.45, 7) is 2.74. The minimum Gasteiger partial charge on any atom is -0.365 e. The quantitative estimate of drug-likeness (QED) is 0.763. The fourth-order valence-electron chi connectivity index (χ4n) is 2.70. The predicted octanol–water partition coefficient (Wildman–Crippen LogP) is 1.35. The van der Waals surface area contributed by atoms with Crippen molar-refractivity contribution in [3.05, 3.63) is 36.2 Å². The summed E-state index contributed by atoms with van der Waals surface area (Å²) in [5.41, 5.74) is 1.47. The van der Waals surface area contributed by atoms with E-state index in [-0.39, 0.29) is 0 Å². The van der Waals surface area contributed by atoms with Crippen LogP contribution in [0.2, 0.25) is 0 Å². The van der Waals surface area contributed by atoms with Crippen LogP contribution in [0.4, 0.5) is 5.82 Å². The number of hydrogen-bond acceptors (Lipinski definition) is 6. The number of aromatic nitrogens is 6. The third-order valence-corrected chi connectivity index (χ3v) is 3.65. The molecule has 106 valence electrons. The van der Waals surface area contributed by atoms with Crippen molar-refractivity contribution in [2.24, 2.45) is 0 Å². The average Bonchev–Trinajstić information content (AvgIpc) is 2.86. The third kappa shape index (κ3) is 2.31. The first-order valence-corrected chi connectivity index (χ1v) is 7.02. The first-order chi connectivity index (χ1) is 10.3. The molecule has 21 heavy (non-hydrogen) atoms. The van der Waals surface area contributed by atoms with E-state index in [9.17, 15) is 0 Å². The van der Waals surface area contributed by atoms with Crippen LogP contribution in [-0.4, -0.2) is 35.8 Å². The summed E-state index contributed by atoms with van der Waals surface area (Å²) in [5, 5.41) is 7.87. The minimum absolute atomic E-state index is 0.306. The Bertz CT molecular complexity index is 795. The molecule has 3 aromatic heterocycles. The zero-order valence-electron chi connectivity index (χ0n) is 11.7. The molecule has 3 aromatic rings. The van der Waals surface area contributed by atoms with E-state index in [2.05, 4.69) is 30.4 Å². The molecule has 0 fully saturated rings. The van der Waals surface area contributed by atoms with Crippen molar-refractivity contribution in [3.63, 3.8) is 0 Å². The molecule has 1 N–H and O–H groups in total. The van der Waals surface area contributed by atoms with Gasteiger partial charge in [0, 0.05) is 24.9 Å². The fraction of sp³-hybridized carbons (Fsp3) is 0.357. The molecule has 7 nitrogen and oxygen atoms in total. The summed E-state index contributed by atoms with van der Waals surface area (Å²) < 4.78 is 1.98. The van der Waals surface area contributed by atoms with E-state index in [4.69, 9.17) is 0 Å². The number of anilines is 1. The number of rotatable bonds is 2. The molecular formula is C14H15N7. The molecule has 0 saturated carbocycles. The van der Waals surface area contributed by atoms with Crippen LogP contribution in [0, 0.1) is 6.92 Å². The summed E-state index contributed by atoms with van der Waals surface area (Å²) in [7, 11) is 0. The average molecular weight is 281 g/mol. The van der Waals surface area contributed by atoms with Crippen LogP contribution in [0.3, 0.4) is 0 Å². The smallest absolute Gasteiger partial charge is 0.180 e. The van der Waals surface area contributed by atoms with Gasteiger partial charge in [0.1, 0.15) is 23.0 Å². The summed E-state index contributed by atoms with van der Waals surface area (Å²) in [4.78, 5) is 17.4. The molecule has 0 spiro atoms. The molecule has 1 aliphatic rings. The van der Waals surface area contributed by atoms with Gasteiger partial charge in [-0.3, -0.25) is 4.98 Å². The van der Waals surface area contributed by atoms with Crippen molar-refractivity contribution < 1.29 is 0 Å². The maximum absolute atomic E-state index is 4.50. The van der Waals surface area contributed by atoms with Gasteiger partial charge < -0.3 is 5.32 Å². The van der Waals surface area contributed by atoms with Crippen molar-refractivity contribution in [1.29, 1.82) is 0 Å². The lowest BCUT2D eigenvalue weighted by atomic mass is 10.1. The predicted molar refractivity (Wildman–Crippen MR) is 77.8 cm³/mol. The number of fused-ring (bicyclic) bond motifs is 2. The zero-order valence-corrected chi connectivity index (χ0v) is 11.7. The summed E-state index contributed by atoms with van der Waals surface area (Å²) in [6, 6.07) is 4.19. The summed E-state index contributed by atoms with van der Waals surface area (Å²) >= 11 is 0. The van der Waals surface area contributed by atoms with Gasteiger partial charge in [-0.1, -0.05) is 0 Å². The second kappa shape index (κ2) is 4.76. The molecule has 0 saturated heterocycles. The SMILES string of the molecule is Cc1nc2n(n1)C[C@H](Nc1ccc3nccnc3n1)CC2. The van der Waals surface area contributed by atoms with Crippen LogP contribution in [0.5, 0.6) is 0 Å². The van der Waals surface area contributed by atoms with Crippen LogP contribution < -0.4 is 5.32 Å². The Labute approximate surface area is 121 Å². The molecular weight excluding hydrogens is 266 g/mol. The van der Waals surface area contributed by atoms with Gasteiger partial charge in [0.05, 0.1) is 6.54 Å². The van der Waals surface area contributed by atoms with Gasteiger partial charge in [-0.05, 0) is 25.5 Å². The Kier molecular flexibility index (Phi) is 2.77. The van der Waals surface area contributed by atoms with Crippen LogP contribution in [-0.2, 0) is 13.0 Å². The van der Waals surface area contributed by atoms with E-state index in [1.165, 1.54) is 0 Å². The van der Waals surface area contributed by atoms with Gasteiger partial charge in [-0.15, -0.1) is 0 Å². The monoisotopic (exact) mass is 281 g/mol. The lowest BCUT2D eigenvalue weighted by molar-refractivity contribution is 0.440. The Morgan fingerprint density at radius 2 is 2.10 bits per heavy atom. The van der Waals surface area contributed by atoms with Crippen LogP contribution >= 0.6 is 0 Å². The molecule has 0 aromatic carbocycles. The van der Waals surface area contributed by atoms with Gasteiger partial charge in [0.25, 0.3) is 0 Å². The lowest BCUT2D eigenvalue weighted by Crippen LogP contribution is -2.32. The van der Waals surface area contributed by atoms with E-state index >= 15 is 0 Å². The topological polar surface area (TPSA) is 81.4 Å². The maximum atomic E-state index is 4.50. The number of nitrogens with zero attached hydrogens (tertiary/aromatic N) is 6. The second-order valence-electron chi connectivity index (χ2n) is 5.23. The van der Waals surface area contributed by atoms with Gasteiger partial charge in [0.15, 0.2) is 5.65 Å². The van der Waals surface area contributed by atoms with Crippen molar-refractivity contribution in [2.75, 3.05) is 5.32 Å². The highest BCUT2D eigenvalue weighted by Crippen LogP contribution is 2.17. The highest BCUT2D eigenvalue weighted by Gasteiger charge is 2.21. The molecule has 0 amide bonds. The molecule has 0 aliphatic carbocycles. The summed E-state index contributed by atoms with van der Waals surface area (Å²) in [5.74, 6) is 2.74. The lowest BCUT2D eigenvalue weighted by Gasteiger charge is -2.23.